The molecular weight excluding hydrogens is 491 g/mol. The molecule has 7 nitrogen and oxygen atoms in total. The second-order valence-corrected chi connectivity index (χ2v) is 12.0. The Hall–Kier alpha value is -2.61. The molecule has 4 rings (SSSR count). The topological polar surface area (TPSA) is 118 Å². The van der Waals surface area contributed by atoms with E-state index in [9.17, 15) is 24.3 Å². The number of halogens is 1. The highest BCUT2D eigenvalue weighted by Crippen LogP contribution is 2.69. The molecule has 4 aliphatic carbocycles. The van der Waals surface area contributed by atoms with Crippen molar-refractivity contribution < 1.29 is 38.5 Å². The Kier molecular flexibility index (Phi) is 7.60. The number of carboxylic acids is 1. The van der Waals surface area contributed by atoms with E-state index in [1.807, 2.05) is 20.8 Å². The van der Waals surface area contributed by atoms with Crippen molar-refractivity contribution in [3.05, 3.63) is 36.0 Å². The lowest BCUT2D eigenvalue weighted by Gasteiger charge is -2.58. The van der Waals surface area contributed by atoms with Gasteiger partial charge in [-0.15, -0.1) is 0 Å². The number of esters is 1. The number of Topliss-reactive ketones (excluding diaryl/α,β-unsaturated/α-hetero) is 1. The summed E-state index contributed by atoms with van der Waals surface area (Å²) in [6.07, 6.45) is 11.9. The van der Waals surface area contributed by atoms with Crippen LogP contribution in [0.3, 0.4) is 0 Å². The number of allylic oxidation sites excluding steroid dienone is 5. The molecular formula is C30H39FO7. The van der Waals surface area contributed by atoms with Gasteiger partial charge in [-0.25, -0.2) is 4.39 Å². The van der Waals surface area contributed by atoms with Gasteiger partial charge in [0.05, 0.1) is 0 Å². The first-order valence-electron chi connectivity index (χ1n) is 13.8. The standard InChI is InChI=1S/C30H39FO7/c1-19-16-23-22-11-10-20-17-21(33)12-13-27(20,2)29(22,31)15-14-28(23,3)30(19,24(34)18-32)38-26(37)9-7-5-4-6-8-25(35)36/h12-15,17,19,22-23,32H,4-11,16,18H2,1-3H3,(H,35,36)/t19?,22-,23-,27-,28-,29+,30-/m0/s1. The molecule has 0 aromatic carbocycles. The molecule has 4 aliphatic rings. The van der Waals surface area contributed by atoms with Crippen LogP contribution in [0.4, 0.5) is 4.39 Å². The zero-order chi connectivity index (χ0) is 27.9. The number of carbonyl (C=O) groups excluding carboxylic acids is 3. The summed E-state index contributed by atoms with van der Waals surface area (Å²) >= 11 is 0. The minimum absolute atomic E-state index is 0.0756. The highest BCUT2D eigenvalue weighted by molar-refractivity contribution is 6.01. The van der Waals surface area contributed by atoms with Crippen LogP contribution in [0.1, 0.15) is 78.6 Å². The summed E-state index contributed by atoms with van der Waals surface area (Å²) in [6.45, 7) is 4.71. The van der Waals surface area contributed by atoms with E-state index < -0.39 is 58.3 Å². The fourth-order valence-electron chi connectivity index (χ4n) is 7.94. The number of hydrogen-bond acceptors (Lipinski definition) is 6. The highest BCUT2D eigenvalue weighted by Gasteiger charge is 2.73. The van der Waals surface area contributed by atoms with Gasteiger partial charge in [0, 0.05) is 35.5 Å². The van der Waals surface area contributed by atoms with E-state index in [0.717, 1.165) is 5.57 Å². The largest absolute Gasteiger partial charge is 0.481 e. The van der Waals surface area contributed by atoms with E-state index in [0.29, 0.717) is 44.9 Å². The van der Waals surface area contributed by atoms with E-state index in [1.165, 1.54) is 12.2 Å². The van der Waals surface area contributed by atoms with E-state index in [4.69, 9.17) is 9.84 Å². The van der Waals surface area contributed by atoms with Gasteiger partial charge in [-0.3, -0.25) is 19.2 Å². The van der Waals surface area contributed by atoms with Gasteiger partial charge in [0.2, 0.25) is 5.78 Å². The van der Waals surface area contributed by atoms with Crippen molar-refractivity contribution in [2.75, 3.05) is 6.61 Å². The van der Waals surface area contributed by atoms with E-state index in [-0.39, 0.29) is 24.5 Å². The smallest absolute Gasteiger partial charge is 0.306 e. The van der Waals surface area contributed by atoms with Crippen LogP contribution in [0, 0.1) is 28.6 Å². The normalized spacial score (nSPS) is 39.1. The monoisotopic (exact) mass is 530 g/mol. The number of alkyl halides is 1. The number of fused-ring (bicyclic) bond motifs is 5. The second kappa shape index (κ2) is 10.2. The molecule has 0 aromatic heterocycles. The molecule has 1 unspecified atom stereocenters. The van der Waals surface area contributed by atoms with Crippen molar-refractivity contribution in [2.24, 2.45) is 28.6 Å². The summed E-state index contributed by atoms with van der Waals surface area (Å²) in [4.78, 5) is 49.2. The van der Waals surface area contributed by atoms with E-state index >= 15 is 4.39 Å². The van der Waals surface area contributed by atoms with E-state index in [2.05, 4.69) is 0 Å². The van der Waals surface area contributed by atoms with Crippen molar-refractivity contribution in [1.82, 2.24) is 0 Å². The van der Waals surface area contributed by atoms with Gasteiger partial charge in [-0.1, -0.05) is 44.4 Å². The fourth-order valence-corrected chi connectivity index (χ4v) is 7.94. The van der Waals surface area contributed by atoms with Crippen LogP contribution in [-0.4, -0.2) is 51.6 Å². The maximum atomic E-state index is 17.1. The first kappa shape index (κ1) is 28.4. The molecule has 2 fully saturated rings. The summed E-state index contributed by atoms with van der Waals surface area (Å²) in [5.41, 5.74) is -4.59. The molecule has 38 heavy (non-hydrogen) atoms. The molecule has 0 heterocycles. The van der Waals surface area contributed by atoms with Gasteiger partial charge in [0.15, 0.2) is 11.4 Å². The number of ketones is 2. The number of rotatable bonds is 10. The number of aliphatic carboxylic acids is 1. The lowest BCUT2D eigenvalue weighted by Crippen LogP contribution is -2.63. The summed E-state index contributed by atoms with van der Waals surface area (Å²) in [5, 5.41) is 18.7. The van der Waals surface area contributed by atoms with E-state index in [1.54, 1.807) is 18.2 Å². The number of aliphatic hydroxyl groups is 1. The summed E-state index contributed by atoms with van der Waals surface area (Å²) < 4.78 is 23.2. The highest BCUT2D eigenvalue weighted by atomic mass is 19.1. The molecule has 0 amide bonds. The average molecular weight is 531 g/mol. The number of unbranched alkanes of at least 4 members (excludes halogenated alkanes) is 3. The van der Waals surface area contributed by atoms with Crippen molar-refractivity contribution >= 4 is 23.5 Å². The zero-order valence-corrected chi connectivity index (χ0v) is 22.5. The van der Waals surface area contributed by atoms with Gasteiger partial charge in [0.1, 0.15) is 12.3 Å². The third-order valence-electron chi connectivity index (χ3n) is 10.0. The molecule has 208 valence electrons. The van der Waals surface area contributed by atoms with Crippen LogP contribution >= 0.6 is 0 Å². The van der Waals surface area contributed by atoms with Crippen molar-refractivity contribution in [2.45, 2.75) is 89.8 Å². The molecule has 0 aliphatic heterocycles. The third-order valence-corrected chi connectivity index (χ3v) is 10.0. The minimum atomic E-state index is -1.77. The average Bonchev–Trinajstić information content (AvgIpc) is 3.08. The van der Waals surface area contributed by atoms with Crippen molar-refractivity contribution in [1.29, 1.82) is 0 Å². The Morgan fingerprint density at radius 1 is 1.05 bits per heavy atom. The third kappa shape index (κ3) is 4.19. The predicted molar refractivity (Wildman–Crippen MR) is 138 cm³/mol. The second-order valence-electron chi connectivity index (χ2n) is 12.0. The van der Waals surface area contributed by atoms with Crippen LogP contribution < -0.4 is 0 Å². The van der Waals surface area contributed by atoms with Gasteiger partial charge < -0.3 is 14.9 Å². The summed E-state index contributed by atoms with van der Waals surface area (Å²) in [7, 11) is 0. The zero-order valence-electron chi connectivity index (χ0n) is 22.5. The molecule has 0 radical (unpaired) electrons. The molecule has 2 N–H and O–H groups in total. The van der Waals surface area contributed by atoms with Gasteiger partial charge in [0.25, 0.3) is 0 Å². The molecule has 2 saturated carbocycles. The molecule has 0 spiro atoms. The lowest BCUT2D eigenvalue weighted by molar-refractivity contribution is -0.188. The van der Waals surface area contributed by atoms with Gasteiger partial charge >= 0.3 is 11.9 Å². The Morgan fingerprint density at radius 3 is 2.39 bits per heavy atom. The van der Waals surface area contributed by atoms with Crippen molar-refractivity contribution in [3.63, 3.8) is 0 Å². The molecule has 0 bridgehead atoms. The van der Waals surface area contributed by atoms with Crippen LogP contribution in [0.15, 0.2) is 36.0 Å². The molecule has 0 aromatic rings. The van der Waals surface area contributed by atoms with Gasteiger partial charge in [-0.05, 0) is 63.2 Å². The predicted octanol–water partition coefficient (Wildman–Crippen LogP) is 4.68. The number of carboxylic acid groups (broad SMARTS) is 1. The molecule has 8 heteroatoms. The lowest BCUT2D eigenvalue weighted by atomic mass is 9.48. The van der Waals surface area contributed by atoms with Crippen LogP contribution in [-0.2, 0) is 23.9 Å². The maximum absolute atomic E-state index is 17.1. The Morgan fingerprint density at radius 2 is 1.74 bits per heavy atom. The number of carbonyl (C=O) groups is 4. The number of ether oxygens (including phenoxy) is 1. The summed E-state index contributed by atoms with van der Waals surface area (Å²) in [5.74, 6) is -3.31. The maximum Gasteiger partial charge on any atom is 0.306 e. The summed E-state index contributed by atoms with van der Waals surface area (Å²) in [6, 6.07) is 0. The van der Waals surface area contributed by atoms with Crippen LogP contribution in [0.2, 0.25) is 0 Å². The van der Waals surface area contributed by atoms with Crippen LogP contribution in [0.25, 0.3) is 0 Å². The first-order valence-corrected chi connectivity index (χ1v) is 13.8. The Labute approximate surface area is 223 Å². The number of aliphatic hydroxyl groups excluding tert-OH is 1. The minimum Gasteiger partial charge on any atom is -0.481 e. The quantitative estimate of drug-likeness (QED) is 0.239. The van der Waals surface area contributed by atoms with Crippen molar-refractivity contribution in [3.8, 4) is 0 Å². The molecule has 7 atom stereocenters. The van der Waals surface area contributed by atoms with Crippen LogP contribution in [0.5, 0.6) is 0 Å². The number of hydrogen-bond donors (Lipinski definition) is 2. The Bertz CT molecular complexity index is 1110. The van der Waals surface area contributed by atoms with Gasteiger partial charge in [-0.2, -0.15) is 0 Å². The Balaban J connectivity index is 1.61. The fraction of sp³-hybridized carbons (Fsp3) is 0.667. The molecule has 0 saturated heterocycles. The first-order chi connectivity index (χ1) is 17.9. The SMILES string of the molecule is CC1C[C@H]2[C@@H]3CCC4=CC(=O)C=C[C@]4(C)[C@@]3(F)C=C[C@]2(C)[C@@]1(OC(=O)CCCCCCC(=O)O)C(=O)CO.